The molecule has 0 radical (unpaired) electrons. The Morgan fingerprint density at radius 3 is 1.33 bits per heavy atom. The van der Waals surface area contributed by atoms with Crippen LogP contribution in [0, 0.1) is 0 Å². The summed E-state index contributed by atoms with van der Waals surface area (Å²) in [5, 5.41) is 0.277. The van der Waals surface area contributed by atoms with E-state index in [4.69, 9.17) is 9.47 Å². The van der Waals surface area contributed by atoms with Gasteiger partial charge in [-0.3, -0.25) is 0 Å². The Morgan fingerprint density at radius 1 is 0.778 bits per heavy atom. The third-order valence-electron chi connectivity index (χ3n) is 3.23. The number of ether oxygens (including phenoxy) is 2. The van der Waals surface area contributed by atoms with Gasteiger partial charge in [-0.25, -0.2) is 9.59 Å². The van der Waals surface area contributed by atoms with Gasteiger partial charge in [-0.2, -0.15) is 0 Å². The number of hydrogen-bond acceptors (Lipinski definition) is 4. The lowest BCUT2D eigenvalue weighted by atomic mass is 10.4. The van der Waals surface area contributed by atoms with Crippen LogP contribution < -0.4 is 0 Å². The molecule has 0 heterocycles. The van der Waals surface area contributed by atoms with Crippen LogP contribution in [-0.2, 0) is 19.1 Å². The van der Waals surface area contributed by atoms with Gasteiger partial charge in [0, 0.05) is 0 Å². The normalized spacial score (nSPS) is 10.9. The minimum absolute atomic E-state index is 0.277. The van der Waals surface area contributed by atoms with Gasteiger partial charge in [-0.05, 0) is 32.3 Å². The molecule has 0 aromatic heterocycles. The van der Waals surface area contributed by atoms with Crippen molar-refractivity contribution >= 4 is 24.1 Å². The van der Waals surface area contributed by atoms with Crippen molar-refractivity contribution in [2.24, 2.45) is 0 Å². The van der Waals surface area contributed by atoms with Crippen molar-refractivity contribution in [3.63, 3.8) is 0 Å². The SMILES string of the molecule is CCOC(=O)C(C(=O)OCC)=P(CC)(CC)CC. The fourth-order valence-electron chi connectivity index (χ4n) is 2.01. The zero-order valence-electron chi connectivity index (χ0n) is 12.1. The van der Waals surface area contributed by atoms with Crippen LogP contribution in [0.25, 0.3) is 0 Å². The maximum absolute atomic E-state index is 12.1. The van der Waals surface area contributed by atoms with E-state index in [1.807, 2.05) is 20.8 Å². The number of carbonyl (C=O) groups is 2. The fourth-order valence-corrected chi connectivity index (χ4v) is 5.21. The Labute approximate surface area is 110 Å². The van der Waals surface area contributed by atoms with Crippen molar-refractivity contribution in [3.8, 4) is 0 Å². The first kappa shape index (κ1) is 17.2. The molecule has 5 heteroatoms. The highest BCUT2D eigenvalue weighted by molar-refractivity contribution is 7.79. The first-order valence-corrected chi connectivity index (χ1v) is 8.95. The monoisotopic (exact) mass is 276 g/mol. The van der Waals surface area contributed by atoms with Crippen molar-refractivity contribution < 1.29 is 19.1 Å². The summed E-state index contributed by atoms with van der Waals surface area (Å²) in [5.41, 5.74) is 0. The molecular weight excluding hydrogens is 251 g/mol. The summed E-state index contributed by atoms with van der Waals surface area (Å²) in [5.74, 6) is -0.982. The second-order valence-corrected chi connectivity index (χ2v) is 8.52. The van der Waals surface area contributed by atoms with Gasteiger partial charge < -0.3 is 9.47 Å². The van der Waals surface area contributed by atoms with E-state index in [9.17, 15) is 9.59 Å². The summed E-state index contributed by atoms with van der Waals surface area (Å²) in [7, 11) is 0. The third kappa shape index (κ3) is 3.88. The molecule has 0 spiro atoms. The van der Waals surface area contributed by atoms with Gasteiger partial charge in [0.05, 0.1) is 13.2 Å². The van der Waals surface area contributed by atoms with Crippen LogP contribution in [0.5, 0.6) is 0 Å². The highest BCUT2D eigenvalue weighted by atomic mass is 31.2. The van der Waals surface area contributed by atoms with Crippen LogP contribution in [0.1, 0.15) is 34.6 Å². The molecule has 0 N–H and O–H groups in total. The summed E-state index contributed by atoms with van der Waals surface area (Å²) in [6.07, 6.45) is 2.48. The van der Waals surface area contributed by atoms with Crippen LogP contribution in [0.3, 0.4) is 0 Å². The van der Waals surface area contributed by atoms with Gasteiger partial charge in [0.15, 0.2) is 0 Å². The van der Waals surface area contributed by atoms with Crippen LogP contribution in [-0.4, -0.2) is 48.9 Å². The van der Waals surface area contributed by atoms with Gasteiger partial charge in [0.1, 0.15) is 5.29 Å². The number of esters is 2. The predicted molar refractivity (Wildman–Crippen MR) is 76.8 cm³/mol. The lowest BCUT2D eigenvalue weighted by Crippen LogP contribution is -2.31. The van der Waals surface area contributed by atoms with Gasteiger partial charge in [-0.15, -0.1) is 0 Å². The molecule has 0 saturated carbocycles. The molecule has 0 atom stereocenters. The van der Waals surface area contributed by atoms with Crippen molar-refractivity contribution in [1.82, 2.24) is 0 Å². The maximum atomic E-state index is 12.1. The highest BCUT2D eigenvalue weighted by Gasteiger charge is 2.31. The molecule has 0 fully saturated rings. The van der Waals surface area contributed by atoms with Gasteiger partial charge in [-0.1, -0.05) is 27.7 Å². The van der Waals surface area contributed by atoms with E-state index in [-0.39, 0.29) is 18.5 Å². The van der Waals surface area contributed by atoms with Crippen LogP contribution >= 0.6 is 6.89 Å². The first-order chi connectivity index (χ1) is 8.52. The standard InChI is InChI=1S/C13H25O4P/c1-6-16-12(14)11(13(15)17-7-2)18(8-3,9-4)10-5/h6-10H2,1-5H3. The molecule has 0 aromatic carbocycles. The van der Waals surface area contributed by atoms with Crippen molar-refractivity contribution in [1.29, 1.82) is 0 Å². The summed E-state index contributed by atoms with van der Waals surface area (Å²) in [4.78, 5) is 24.1. The van der Waals surface area contributed by atoms with E-state index >= 15 is 0 Å². The molecule has 0 aliphatic heterocycles. The van der Waals surface area contributed by atoms with E-state index in [0.29, 0.717) is 0 Å². The highest BCUT2D eigenvalue weighted by Crippen LogP contribution is 2.48. The zero-order valence-corrected chi connectivity index (χ0v) is 13.0. The van der Waals surface area contributed by atoms with Gasteiger partial charge in [0.25, 0.3) is 0 Å². The van der Waals surface area contributed by atoms with E-state index in [1.165, 1.54) is 0 Å². The predicted octanol–water partition coefficient (Wildman–Crippen LogP) is 2.36. The Kier molecular flexibility index (Phi) is 8.01. The Bertz CT molecular complexity index is 308. The number of carbonyl (C=O) groups excluding carboxylic acids is 2. The second kappa shape index (κ2) is 8.36. The molecule has 0 unspecified atom stereocenters. The van der Waals surface area contributed by atoms with E-state index < -0.39 is 18.8 Å². The molecule has 0 aliphatic rings. The summed E-state index contributed by atoms with van der Waals surface area (Å²) < 4.78 is 10.1. The average Bonchev–Trinajstić information content (AvgIpc) is 2.36. The van der Waals surface area contributed by atoms with Crippen LogP contribution in [0.4, 0.5) is 0 Å². The molecule has 0 amide bonds. The van der Waals surface area contributed by atoms with Gasteiger partial charge in [0.2, 0.25) is 0 Å². The smallest absolute Gasteiger partial charge is 0.345 e. The summed E-state index contributed by atoms with van der Waals surface area (Å²) in [6.45, 7) is 8.36. The van der Waals surface area contributed by atoms with E-state index in [2.05, 4.69) is 0 Å². The minimum Gasteiger partial charge on any atom is -0.462 e. The van der Waals surface area contributed by atoms with E-state index in [0.717, 1.165) is 18.5 Å². The molecule has 0 aromatic rings. The number of hydrogen-bond donors (Lipinski definition) is 0. The average molecular weight is 276 g/mol. The van der Waals surface area contributed by atoms with Crippen LogP contribution in [0.2, 0.25) is 0 Å². The first-order valence-electron chi connectivity index (χ1n) is 6.60. The lowest BCUT2D eigenvalue weighted by Gasteiger charge is -2.25. The summed E-state index contributed by atoms with van der Waals surface area (Å²) >= 11 is 0. The Balaban J connectivity index is 5.76. The topological polar surface area (TPSA) is 52.6 Å². The quantitative estimate of drug-likeness (QED) is 0.407. The second-order valence-electron chi connectivity index (χ2n) is 3.88. The summed E-state index contributed by atoms with van der Waals surface area (Å²) in [6, 6.07) is 0. The fraction of sp³-hybridized carbons (Fsp3) is 0.769. The Hall–Kier alpha value is -0.760. The maximum Gasteiger partial charge on any atom is 0.345 e. The van der Waals surface area contributed by atoms with Crippen molar-refractivity contribution in [3.05, 3.63) is 0 Å². The number of rotatable bonds is 7. The van der Waals surface area contributed by atoms with Gasteiger partial charge >= 0.3 is 11.9 Å². The zero-order chi connectivity index (χ0) is 14.2. The Morgan fingerprint density at radius 2 is 1.11 bits per heavy atom. The molecule has 18 heavy (non-hydrogen) atoms. The molecule has 0 bridgehead atoms. The molecule has 0 saturated heterocycles. The van der Waals surface area contributed by atoms with E-state index in [1.54, 1.807) is 13.8 Å². The lowest BCUT2D eigenvalue weighted by molar-refractivity contribution is -0.140. The minimum atomic E-state index is -1.75. The molecule has 0 rings (SSSR count). The van der Waals surface area contributed by atoms with Crippen LogP contribution in [0.15, 0.2) is 0 Å². The van der Waals surface area contributed by atoms with Crippen molar-refractivity contribution in [2.75, 3.05) is 31.7 Å². The third-order valence-corrected chi connectivity index (χ3v) is 8.17. The largest absolute Gasteiger partial charge is 0.462 e. The molecule has 106 valence electrons. The van der Waals surface area contributed by atoms with Crippen molar-refractivity contribution in [2.45, 2.75) is 34.6 Å². The molecule has 4 nitrogen and oxygen atoms in total. The molecule has 0 aliphatic carbocycles. The molecular formula is C13H25O4P.